The predicted octanol–water partition coefficient (Wildman–Crippen LogP) is 3.41. The topological polar surface area (TPSA) is 71.1 Å². The zero-order chi connectivity index (χ0) is 16.9. The second-order valence-electron chi connectivity index (χ2n) is 5.04. The summed E-state index contributed by atoms with van der Waals surface area (Å²) in [6.07, 6.45) is 0.199. The number of aromatic nitrogens is 1. The lowest BCUT2D eigenvalue weighted by molar-refractivity contribution is -0.115. The van der Waals surface area contributed by atoms with Crippen LogP contribution < -0.4 is 10.6 Å². The summed E-state index contributed by atoms with van der Waals surface area (Å²) < 4.78 is 0. The molecule has 0 aliphatic heterocycles. The summed E-state index contributed by atoms with van der Waals surface area (Å²) in [5, 5.41) is 12.2. The minimum absolute atomic E-state index is 0.161. The van der Waals surface area contributed by atoms with Crippen LogP contribution in [0.3, 0.4) is 0 Å². The molecular formula is C17H15N3O2S2. The molecule has 0 aliphatic carbocycles. The monoisotopic (exact) mass is 357 g/mol. The van der Waals surface area contributed by atoms with Gasteiger partial charge in [-0.15, -0.1) is 11.3 Å². The maximum absolute atomic E-state index is 12.2. The number of nitrogens with one attached hydrogen (secondary N) is 2. The van der Waals surface area contributed by atoms with Gasteiger partial charge in [0.25, 0.3) is 5.91 Å². The number of hydrogen-bond donors (Lipinski definition) is 2. The molecule has 2 amide bonds. The Kier molecular flexibility index (Phi) is 5.02. The summed E-state index contributed by atoms with van der Waals surface area (Å²) in [7, 11) is 1.57. The van der Waals surface area contributed by atoms with Gasteiger partial charge in [0.2, 0.25) is 5.91 Å². The van der Waals surface area contributed by atoms with E-state index in [1.807, 2.05) is 22.2 Å². The molecular weight excluding hydrogens is 342 g/mol. The molecule has 5 nitrogen and oxygen atoms in total. The molecule has 0 saturated carbocycles. The van der Waals surface area contributed by atoms with E-state index in [2.05, 4.69) is 15.6 Å². The van der Waals surface area contributed by atoms with E-state index in [0.717, 1.165) is 16.3 Å². The molecule has 3 rings (SSSR count). The molecule has 0 fully saturated rings. The van der Waals surface area contributed by atoms with Crippen molar-refractivity contribution in [3.63, 3.8) is 0 Å². The number of nitrogens with zero attached hydrogens (tertiary/aromatic N) is 1. The third-order valence-electron chi connectivity index (χ3n) is 3.30. The Morgan fingerprint density at radius 3 is 2.83 bits per heavy atom. The van der Waals surface area contributed by atoms with Crippen LogP contribution in [0, 0.1) is 0 Å². The third-order valence-corrected chi connectivity index (χ3v) is 4.92. The molecule has 0 unspecified atom stereocenters. The highest BCUT2D eigenvalue weighted by molar-refractivity contribution is 7.14. The van der Waals surface area contributed by atoms with Crippen LogP contribution in [-0.2, 0) is 11.2 Å². The second kappa shape index (κ2) is 7.37. The fraction of sp³-hybridized carbons (Fsp3) is 0.118. The van der Waals surface area contributed by atoms with Crippen molar-refractivity contribution < 1.29 is 9.59 Å². The highest BCUT2D eigenvalue weighted by Crippen LogP contribution is 2.25. The molecule has 1 aromatic carbocycles. The van der Waals surface area contributed by atoms with Crippen LogP contribution in [0.5, 0.6) is 0 Å². The zero-order valence-electron chi connectivity index (χ0n) is 12.9. The summed E-state index contributed by atoms with van der Waals surface area (Å²) in [6, 6.07) is 8.84. The van der Waals surface area contributed by atoms with E-state index < -0.39 is 0 Å². The number of hydrogen-bond acceptors (Lipinski definition) is 5. The van der Waals surface area contributed by atoms with E-state index in [4.69, 9.17) is 0 Å². The Morgan fingerprint density at radius 1 is 1.21 bits per heavy atom. The van der Waals surface area contributed by atoms with Gasteiger partial charge < -0.3 is 10.6 Å². The van der Waals surface area contributed by atoms with Gasteiger partial charge in [-0.2, -0.15) is 11.3 Å². The predicted molar refractivity (Wildman–Crippen MR) is 97.6 cm³/mol. The van der Waals surface area contributed by atoms with Gasteiger partial charge in [0.1, 0.15) is 5.01 Å². The molecule has 0 bridgehead atoms. The smallest absolute Gasteiger partial charge is 0.251 e. The molecule has 7 heteroatoms. The van der Waals surface area contributed by atoms with Crippen molar-refractivity contribution in [2.75, 3.05) is 12.4 Å². The number of anilines is 1. The van der Waals surface area contributed by atoms with E-state index >= 15 is 0 Å². The Bertz CT molecular complexity index is 856. The average Bonchev–Trinajstić information content (AvgIpc) is 3.25. The first kappa shape index (κ1) is 16.4. The Balaban J connectivity index is 1.65. The summed E-state index contributed by atoms with van der Waals surface area (Å²) >= 11 is 3.15. The Hall–Kier alpha value is -2.51. The van der Waals surface area contributed by atoms with Gasteiger partial charge in [0.05, 0.1) is 12.1 Å². The fourth-order valence-corrected chi connectivity index (χ4v) is 3.69. The lowest BCUT2D eigenvalue weighted by Gasteiger charge is -2.06. The molecule has 0 saturated heterocycles. The molecule has 0 atom stereocenters. The summed E-state index contributed by atoms with van der Waals surface area (Å²) in [4.78, 5) is 28.3. The molecule has 2 N–H and O–H groups in total. The van der Waals surface area contributed by atoms with Crippen LogP contribution in [0.4, 0.5) is 5.69 Å². The van der Waals surface area contributed by atoms with Crippen LogP contribution in [0.25, 0.3) is 10.6 Å². The molecule has 2 heterocycles. The minimum atomic E-state index is -0.189. The van der Waals surface area contributed by atoms with Crippen LogP contribution >= 0.6 is 22.7 Å². The van der Waals surface area contributed by atoms with E-state index in [0.29, 0.717) is 11.3 Å². The Labute approximate surface area is 147 Å². The van der Waals surface area contributed by atoms with E-state index in [1.54, 1.807) is 42.6 Å². The lowest BCUT2D eigenvalue weighted by Crippen LogP contribution is -2.19. The second-order valence-corrected chi connectivity index (χ2v) is 6.68. The van der Waals surface area contributed by atoms with Gasteiger partial charge in [0, 0.05) is 34.6 Å². The van der Waals surface area contributed by atoms with E-state index in [9.17, 15) is 9.59 Å². The summed E-state index contributed by atoms with van der Waals surface area (Å²) in [6.45, 7) is 0. The highest BCUT2D eigenvalue weighted by Gasteiger charge is 2.11. The molecule has 0 radical (unpaired) electrons. The van der Waals surface area contributed by atoms with Crippen molar-refractivity contribution >= 4 is 40.2 Å². The quantitative estimate of drug-likeness (QED) is 0.735. The molecule has 122 valence electrons. The largest absolute Gasteiger partial charge is 0.355 e. The molecule has 0 spiro atoms. The van der Waals surface area contributed by atoms with Crippen molar-refractivity contribution in [2.24, 2.45) is 0 Å². The van der Waals surface area contributed by atoms with E-state index in [1.165, 1.54) is 11.3 Å². The van der Waals surface area contributed by atoms with Gasteiger partial charge in [0.15, 0.2) is 0 Å². The first-order valence-electron chi connectivity index (χ1n) is 7.24. The third kappa shape index (κ3) is 3.87. The molecule has 24 heavy (non-hydrogen) atoms. The number of carbonyl (C=O) groups excluding carboxylic acids is 2. The van der Waals surface area contributed by atoms with Crippen LogP contribution in [0.15, 0.2) is 46.5 Å². The van der Waals surface area contributed by atoms with Crippen LogP contribution in [-0.4, -0.2) is 23.8 Å². The number of carbonyl (C=O) groups is 2. The highest BCUT2D eigenvalue weighted by atomic mass is 32.1. The summed E-state index contributed by atoms with van der Waals surface area (Å²) in [5.74, 6) is -0.350. The first-order valence-corrected chi connectivity index (χ1v) is 9.07. The van der Waals surface area contributed by atoms with Gasteiger partial charge >= 0.3 is 0 Å². The lowest BCUT2D eigenvalue weighted by atomic mass is 10.2. The van der Waals surface area contributed by atoms with Gasteiger partial charge in [-0.25, -0.2) is 4.98 Å². The fourth-order valence-electron chi connectivity index (χ4n) is 2.16. The molecule has 0 aliphatic rings. The van der Waals surface area contributed by atoms with Crippen molar-refractivity contribution in [2.45, 2.75) is 6.42 Å². The van der Waals surface area contributed by atoms with Crippen molar-refractivity contribution in [1.82, 2.24) is 10.3 Å². The maximum atomic E-state index is 12.2. The number of amides is 2. The maximum Gasteiger partial charge on any atom is 0.251 e. The molecule has 3 aromatic rings. The average molecular weight is 357 g/mol. The number of thiazole rings is 1. The van der Waals surface area contributed by atoms with Crippen LogP contribution in [0.2, 0.25) is 0 Å². The van der Waals surface area contributed by atoms with Gasteiger partial charge in [-0.1, -0.05) is 6.07 Å². The molecule has 2 aromatic heterocycles. The first-order chi connectivity index (χ1) is 11.7. The minimum Gasteiger partial charge on any atom is -0.355 e. The van der Waals surface area contributed by atoms with Crippen molar-refractivity contribution in [1.29, 1.82) is 0 Å². The standard InChI is InChI=1S/C17H15N3O2S2/c1-18-16(22)11-3-2-4-13(7-11)19-15(21)8-14-10-24-17(20-14)12-5-6-23-9-12/h2-7,9-10H,8H2,1H3,(H,18,22)(H,19,21). The number of benzene rings is 1. The zero-order valence-corrected chi connectivity index (χ0v) is 14.5. The number of thiophene rings is 1. The van der Waals surface area contributed by atoms with Crippen molar-refractivity contribution in [3.8, 4) is 10.6 Å². The van der Waals surface area contributed by atoms with Crippen molar-refractivity contribution in [3.05, 3.63) is 57.7 Å². The normalized spacial score (nSPS) is 10.4. The number of rotatable bonds is 5. The SMILES string of the molecule is CNC(=O)c1cccc(NC(=O)Cc2csc(-c3ccsc3)n2)c1. The van der Waals surface area contributed by atoms with Crippen LogP contribution in [0.1, 0.15) is 16.1 Å². The van der Waals surface area contributed by atoms with Gasteiger partial charge in [-0.3, -0.25) is 9.59 Å². The summed E-state index contributed by atoms with van der Waals surface area (Å²) in [5.41, 5.74) is 2.91. The Morgan fingerprint density at radius 2 is 2.08 bits per heavy atom. The van der Waals surface area contributed by atoms with E-state index in [-0.39, 0.29) is 18.2 Å². The van der Waals surface area contributed by atoms with Gasteiger partial charge in [-0.05, 0) is 29.6 Å².